The minimum absolute atomic E-state index is 0.796. The van der Waals surface area contributed by atoms with Gasteiger partial charge in [0.1, 0.15) is 23.0 Å². The smallest absolute Gasteiger partial charge is 0.137 e. The zero-order chi connectivity index (χ0) is 31.7. The largest absolute Gasteiger partial charge is 0.457 e. The average molecular weight is 629 g/mol. The van der Waals surface area contributed by atoms with E-state index in [2.05, 4.69) is 109 Å². The molecule has 0 spiro atoms. The van der Waals surface area contributed by atoms with E-state index in [1.165, 1.54) is 10.8 Å². The first-order valence-electron chi connectivity index (χ1n) is 15.7. The van der Waals surface area contributed by atoms with Crippen LogP contribution in [0.15, 0.2) is 155 Å². The van der Waals surface area contributed by atoms with Gasteiger partial charge in [-0.1, -0.05) is 72.4 Å². The van der Waals surface area contributed by atoms with E-state index in [4.69, 9.17) is 9.47 Å². The molecule has 0 amide bonds. The van der Waals surface area contributed by atoms with E-state index in [0.29, 0.717) is 0 Å². The number of fused-ring (bicyclic) bond motifs is 2. The molecule has 47 heavy (non-hydrogen) atoms. The fraction of sp³-hybridized carbons (Fsp3) is 0.0476. The number of H-pyrrole nitrogens is 2. The Bertz CT molecular complexity index is 2120. The first kappa shape index (κ1) is 28.8. The molecule has 0 radical (unpaired) electrons. The zero-order valence-electron chi connectivity index (χ0n) is 26.1. The third-order valence-electron chi connectivity index (χ3n) is 8.41. The van der Waals surface area contributed by atoms with Crippen LogP contribution in [0.25, 0.3) is 44.3 Å². The van der Waals surface area contributed by atoms with Crippen molar-refractivity contribution in [2.24, 2.45) is 0 Å². The summed E-state index contributed by atoms with van der Waals surface area (Å²) in [5.74, 6) is 3.25. The highest BCUT2D eigenvalue weighted by Gasteiger charge is 2.15. The van der Waals surface area contributed by atoms with Crippen molar-refractivity contribution in [3.05, 3.63) is 157 Å². The molecular formula is C42H32N2O2S. The van der Waals surface area contributed by atoms with E-state index >= 15 is 0 Å². The minimum atomic E-state index is 0.796. The van der Waals surface area contributed by atoms with E-state index in [0.717, 1.165) is 77.5 Å². The molecule has 0 aliphatic rings. The zero-order valence-corrected chi connectivity index (χ0v) is 26.9. The summed E-state index contributed by atoms with van der Waals surface area (Å²) < 4.78 is 12.9. The van der Waals surface area contributed by atoms with Gasteiger partial charge < -0.3 is 19.4 Å². The summed E-state index contributed by atoms with van der Waals surface area (Å²) in [5, 5.41) is 2.37. The van der Waals surface area contributed by atoms with E-state index in [9.17, 15) is 0 Å². The van der Waals surface area contributed by atoms with Crippen LogP contribution in [-0.4, -0.2) is 9.97 Å². The number of aromatic nitrogens is 2. The van der Waals surface area contributed by atoms with Crippen LogP contribution >= 0.6 is 11.8 Å². The molecule has 4 nitrogen and oxygen atoms in total. The van der Waals surface area contributed by atoms with Gasteiger partial charge in [-0.15, -0.1) is 0 Å². The van der Waals surface area contributed by atoms with Gasteiger partial charge in [0.05, 0.1) is 11.4 Å². The maximum absolute atomic E-state index is 6.44. The topological polar surface area (TPSA) is 50.0 Å². The highest BCUT2D eigenvalue weighted by molar-refractivity contribution is 7.99. The van der Waals surface area contributed by atoms with Gasteiger partial charge in [-0.05, 0) is 110 Å². The molecule has 5 heteroatoms. The van der Waals surface area contributed by atoms with Gasteiger partial charge in [0.25, 0.3) is 0 Å². The highest BCUT2D eigenvalue weighted by Crippen LogP contribution is 2.40. The first-order valence-corrected chi connectivity index (χ1v) is 16.5. The predicted molar refractivity (Wildman–Crippen MR) is 194 cm³/mol. The van der Waals surface area contributed by atoms with E-state index in [-0.39, 0.29) is 0 Å². The van der Waals surface area contributed by atoms with Gasteiger partial charge in [0.15, 0.2) is 0 Å². The molecule has 0 aliphatic heterocycles. The molecule has 0 saturated carbocycles. The van der Waals surface area contributed by atoms with Crippen LogP contribution in [0.2, 0.25) is 0 Å². The van der Waals surface area contributed by atoms with Crippen molar-refractivity contribution in [2.75, 3.05) is 0 Å². The summed E-state index contributed by atoms with van der Waals surface area (Å²) in [7, 11) is 0. The predicted octanol–water partition coefficient (Wildman–Crippen LogP) is 12.3. The van der Waals surface area contributed by atoms with Crippen LogP contribution in [0.3, 0.4) is 0 Å². The minimum Gasteiger partial charge on any atom is -0.457 e. The van der Waals surface area contributed by atoms with Crippen molar-refractivity contribution in [1.82, 2.24) is 9.97 Å². The van der Waals surface area contributed by atoms with Crippen LogP contribution in [-0.2, 0) is 0 Å². The SMILES string of the molecule is Cc1cccc(Oc2ccc(Sc3ccc(Oc4cccc(C)c4-c4cc5ccccc5[nH]4)cc3)cc2)c1-c1cc2ccccc2[nH]1. The van der Waals surface area contributed by atoms with Crippen LogP contribution in [0.1, 0.15) is 11.1 Å². The molecule has 2 aromatic heterocycles. The number of hydrogen-bond donors (Lipinski definition) is 2. The average Bonchev–Trinajstić information content (AvgIpc) is 3.71. The van der Waals surface area contributed by atoms with E-state index < -0.39 is 0 Å². The second-order valence-electron chi connectivity index (χ2n) is 11.7. The van der Waals surface area contributed by atoms with Crippen molar-refractivity contribution in [3.8, 4) is 45.5 Å². The number of benzene rings is 6. The number of para-hydroxylation sites is 2. The van der Waals surface area contributed by atoms with Gasteiger partial charge in [0, 0.05) is 42.7 Å². The molecule has 228 valence electrons. The maximum atomic E-state index is 6.44. The maximum Gasteiger partial charge on any atom is 0.137 e. The molecule has 0 atom stereocenters. The number of ether oxygens (including phenoxy) is 2. The number of nitrogens with one attached hydrogen (secondary N) is 2. The molecule has 8 aromatic rings. The molecular weight excluding hydrogens is 597 g/mol. The second-order valence-corrected chi connectivity index (χ2v) is 12.8. The Morgan fingerprint density at radius 3 is 1.30 bits per heavy atom. The molecule has 0 unspecified atom stereocenters. The normalized spacial score (nSPS) is 11.3. The number of hydrogen-bond acceptors (Lipinski definition) is 3. The summed E-state index contributed by atoms with van der Waals surface area (Å²) in [6.45, 7) is 4.24. The lowest BCUT2D eigenvalue weighted by Crippen LogP contribution is -1.91. The fourth-order valence-electron chi connectivity index (χ4n) is 6.10. The third kappa shape index (κ3) is 5.89. The Morgan fingerprint density at radius 1 is 0.447 bits per heavy atom. The molecule has 8 rings (SSSR count). The lowest BCUT2D eigenvalue weighted by molar-refractivity contribution is 0.483. The van der Waals surface area contributed by atoms with Crippen molar-refractivity contribution in [3.63, 3.8) is 0 Å². The molecule has 0 fully saturated rings. The number of aryl methyl sites for hydroxylation is 2. The van der Waals surface area contributed by atoms with Crippen molar-refractivity contribution in [1.29, 1.82) is 0 Å². The summed E-state index contributed by atoms with van der Waals surface area (Å²) in [5.41, 5.74) is 8.79. The monoisotopic (exact) mass is 628 g/mol. The Kier molecular flexibility index (Phi) is 7.52. The molecule has 0 bridgehead atoms. The van der Waals surface area contributed by atoms with E-state index in [1.54, 1.807) is 11.8 Å². The van der Waals surface area contributed by atoms with Crippen molar-refractivity contribution in [2.45, 2.75) is 23.6 Å². The Morgan fingerprint density at radius 2 is 0.872 bits per heavy atom. The quantitative estimate of drug-likeness (QED) is 0.176. The van der Waals surface area contributed by atoms with Crippen LogP contribution in [0, 0.1) is 13.8 Å². The van der Waals surface area contributed by atoms with Crippen LogP contribution in [0.5, 0.6) is 23.0 Å². The molecule has 0 aliphatic carbocycles. The molecule has 6 aromatic carbocycles. The molecule has 2 N–H and O–H groups in total. The molecule has 0 saturated heterocycles. The van der Waals surface area contributed by atoms with Gasteiger partial charge in [-0.3, -0.25) is 0 Å². The summed E-state index contributed by atoms with van der Waals surface area (Å²) >= 11 is 1.71. The van der Waals surface area contributed by atoms with Gasteiger partial charge in [-0.2, -0.15) is 0 Å². The summed E-state index contributed by atoms with van der Waals surface area (Å²) in [6, 6.07) is 49.9. The van der Waals surface area contributed by atoms with Crippen molar-refractivity contribution >= 4 is 33.6 Å². The Balaban J connectivity index is 0.968. The molecule has 2 heterocycles. The van der Waals surface area contributed by atoms with E-state index in [1.807, 2.05) is 60.7 Å². The fourth-order valence-corrected chi connectivity index (χ4v) is 6.92. The summed E-state index contributed by atoms with van der Waals surface area (Å²) in [4.78, 5) is 9.37. The second kappa shape index (κ2) is 12.3. The van der Waals surface area contributed by atoms with Gasteiger partial charge in [0.2, 0.25) is 0 Å². The lowest BCUT2D eigenvalue weighted by Gasteiger charge is -2.14. The van der Waals surface area contributed by atoms with Crippen LogP contribution in [0.4, 0.5) is 0 Å². The van der Waals surface area contributed by atoms with Gasteiger partial charge >= 0.3 is 0 Å². The lowest BCUT2D eigenvalue weighted by atomic mass is 10.0. The van der Waals surface area contributed by atoms with Crippen LogP contribution < -0.4 is 9.47 Å². The Hall–Kier alpha value is -5.65. The third-order valence-corrected chi connectivity index (χ3v) is 9.42. The summed E-state index contributed by atoms with van der Waals surface area (Å²) in [6.07, 6.45) is 0. The standard InChI is InChI=1S/C42H32N2O2S/c1-27-9-7-15-39(41(27)37-25-29-11-3-5-13-35(29)43-37)45-31-17-21-33(22-18-31)47-34-23-19-32(20-24-34)46-40-16-8-10-28(2)42(40)38-26-30-12-4-6-14-36(30)44-38/h3-26,43-44H,1-2H3. The van der Waals surface area contributed by atoms with Crippen molar-refractivity contribution < 1.29 is 9.47 Å². The first-order chi connectivity index (χ1) is 23.1. The highest BCUT2D eigenvalue weighted by atomic mass is 32.2. The van der Waals surface area contributed by atoms with Gasteiger partial charge in [-0.25, -0.2) is 0 Å². The number of rotatable bonds is 8. The number of aromatic amines is 2. The Labute approximate surface area is 278 Å².